The number of sulfonamides is 1. The zero-order valence-corrected chi connectivity index (χ0v) is 18.5. The van der Waals surface area contributed by atoms with Crippen molar-refractivity contribution >= 4 is 24.1 Å². The van der Waals surface area contributed by atoms with E-state index in [2.05, 4.69) is 31.4 Å². The van der Waals surface area contributed by atoms with E-state index in [-0.39, 0.29) is 10.3 Å². The number of carbonyl (C=O) groups excluding carboxylic acids is 1. The largest absolute Gasteiger partial charge is 0.468 e. The lowest BCUT2D eigenvalue weighted by Gasteiger charge is -2.36. The summed E-state index contributed by atoms with van der Waals surface area (Å²) in [5.74, 6) is -0.126. The predicted octanol–water partition coefficient (Wildman–Crippen LogP) is 3.37. The zero-order valence-electron chi connectivity index (χ0n) is 16.7. The molecule has 7 heteroatoms. The maximum absolute atomic E-state index is 13.3. The normalized spacial score (nSPS) is 28.8. The van der Waals surface area contributed by atoms with Crippen LogP contribution in [0, 0.1) is 18.3 Å². The minimum absolute atomic E-state index is 0.136. The van der Waals surface area contributed by atoms with E-state index in [1.807, 2.05) is 6.92 Å². The molecule has 0 bridgehead atoms. The lowest BCUT2D eigenvalue weighted by molar-refractivity contribution is -0.146. The molecule has 0 unspecified atom stereocenters. The van der Waals surface area contributed by atoms with Gasteiger partial charge < -0.3 is 4.74 Å². The number of piperidine rings is 1. The third-order valence-corrected chi connectivity index (χ3v) is 8.64. The highest BCUT2D eigenvalue weighted by Gasteiger charge is 2.61. The Morgan fingerprint density at radius 3 is 2.44 bits per heavy atom. The van der Waals surface area contributed by atoms with Gasteiger partial charge in [0.25, 0.3) is 0 Å². The third-order valence-electron chi connectivity index (χ3n) is 5.60. The maximum atomic E-state index is 13.3. The Labute approximate surface area is 163 Å². The number of nitrogens with zero attached hydrogens (tertiary/aromatic N) is 1. The van der Waals surface area contributed by atoms with Gasteiger partial charge in [0.2, 0.25) is 10.0 Å². The van der Waals surface area contributed by atoms with Gasteiger partial charge in [-0.15, -0.1) is 0 Å². The summed E-state index contributed by atoms with van der Waals surface area (Å²) in [7, 11) is -3.84. The van der Waals surface area contributed by atoms with Crippen LogP contribution in [0.5, 0.6) is 0 Å². The summed E-state index contributed by atoms with van der Waals surface area (Å²) in [6.07, 6.45) is 3.68. The second kappa shape index (κ2) is 6.86. The molecule has 1 saturated carbocycles. The van der Waals surface area contributed by atoms with Gasteiger partial charge in [-0.2, -0.15) is 4.31 Å². The van der Waals surface area contributed by atoms with Crippen molar-refractivity contribution in [2.24, 2.45) is 11.3 Å². The number of methoxy groups -OCH3 is 1. The molecule has 1 heterocycles. The molecule has 1 saturated heterocycles. The SMILES string of the molecule is COC(=O)[C@@H]1C[C@@H]2C[C@]2(/C=C\[Si](C)(C)C)CN1S(=O)(=O)c1ccc(C)cc1. The number of benzene rings is 1. The summed E-state index contributed by atoms with van der Waals surface area (Å²) in [5, 5.41) is 0. The van der Waals surface area contributed by atoms with E-state index >= 15 is 0 Å². The monoisotopic (exact) mass is 407 g/mol. The van der Waals surface area contributed by atoms with E-state index in [1.54, 1.807) is 24.3 Å². The smallest absolute Gasteiger partial charge is 0.324 e. The van der Waals surface area contributed by atoms with Crippen LogP contribution in [0.2, 0.25) is 19.6 Å². The predicted molar refractivity (Wildman–Crippen MR) is 109 cm³/mol. The summed E-state index contributed by atoms with van der Waals surface area (Å²) in [6, 6.07) is 6.04. The highest BCUT2D eigenvalue weighted by Crippen LogP contribution is 2.60. The first kappa shape index (κ1) is 20.3. The van der Waals surface area contributed by atoms with Crippen LogP contribution < -0.4 is 0 Å². The molecule has 0 radical (unpaired) electrons. The van der Waals surface area contributed by atoms with Crippen molar-refractivity contribution in [3.63, 3.8) is 0 Å². The Morgan fingerprint density at radius 2 is 1.89 bits per heavy atom. The molecule has 0 spiro atoms. The van der Waals surface area contributed by atoms with E-state index in [0.717, 1.165) is 12.0 Å². The van der Waals surface area contributed by atoms with Crippen molar-refractivity contribution in [1.82, 2.24) is 4.31 Å². The van der Waals surface area contributed by atoms with Gasteiger partial charge in [0.15, 0.2) is 0 Å². The molecule has 3 rings (SSSR count). The average Bonchev–Trinajstić information content (AvgIpc) is 3.32. The summed E-state index contributed by atoms with van der Waals surface area (Å²) >= 11 is 0. The topological polar surface area (TPSA) is 63.7 Å². The first-order chi connectivity index (χ1) is 12.5. The van der Waals surface area contributed by atoms with E-state index in [9.17, 15) is 13.2 Å². The molecule has 2 aliphatic rings. The molecule has 1 aliphatic carbocycles. The summed E-state index contributed by atoms with van der Waals surface area (Å²) < 4.78 is 33.0. The molecule has 5 nitrogen and oxygen atoms in total. The van der Waals surface area contributed by atoms with Crippen LogP contribution in [0.4, 0.5) is 0 Å². The standard InChI is InChI=1S/C20H29NO4SSi/c1-15-6-8-17(9-7-15)26(23,24)21-14-20(10-11-27(3,4)5)13-16(20)12-18(21)19(22)25-2/h6-11,16,18H,12-14H2,1-5H3/b11-10-/t16-,18+,20-/m1/s1. The third kappa shape index (κ3) is 4.05. The quantitative estimate of drug-likeness (QED) is 0.554. The van der Waals surface area contributed by atoms with Gasteiger partial charge >= 0.3 is 5.97 Å². The van der Waals surface area contributed by atoms with E-state index in [4.69, 9.17) is 4.74 Å². The summed E-state index contributed by atoms with van der Waals surface area (Å²) in [4.78, 5) is 12.6. The molecular weight excluding hydrogens is 378 g/mol. The Bertz CT molecular complexity index is 857. The van der Waals surface area contributed by atoms with Crippen LogP contribution in [0.3, 0.4) is 0 Å². The number of aryl methyl sites for hydroxylation is 1. The molecule has 0 N–H and O–H groups in total. The number of rotatable bonds is 5. The van der Waals surface area contributed by atoms with Gasteiger partial charge in [-0.1, -0.05) is 49.1 Å². The van der Waals surface area contributed by atoms with Crippen molar-refractivity contribution in [1.29, 1.82) is 0 Å². The minimum atomic E-state index is -3.77. The highest BCUT2D eigenvalue weighted by molar-refractivity contribution is 7.89. The number of hydrogen-bond donors (Lipinski definition) is 0. The fraction of sp³-hybridized carbons (Fsp3) is 0.550. The van der Waals surface area contributed by atoms with Crippen molar-refractivity contribution in [3.8, 4) is 0 Å². The molecule has 27 heavy (non-hydrogen) atoms. The maximum Gasteiger partial charge on any atom is 0.324 e. The molecule has 1 aliphatic heterocycles. The molecule has 0 aromatic heterocycles. The summed E-state index contributed by atoms with van der Waals surface area (Å²) in [6.45, 7) is 9.05. The highest BCUT2D eigenvalue weighted by atomic mass is 32.2. The van der Waals surface area contributed by atoms with E-state index < -0.39 is 30.1 Å². The van der Waals surface area contributed by atoms with Gasteiger partial charge in [-0.25, -0.2) is 8.42 Å². The fourth-order valence-electron chi connectivity index (χ4n) is 3.82. The van der Waals surface area contributed by atoms with Crippen molar-refractivity contribution in [2.45, 2.75) is 50.3 Å². The van der Waals surface area contributed by atoms with Gasteiger partial charge in [-0.05, 0) is 37.8 Å². The van der Waals surface area contributed by atoms with Gasteiger partial charge in [0.05, 0.1) is 20.1 Å². The van der Waals surface area contributed by atoms with Crippen LogP contribution in [0.1, 0.15) is 18.4 Å². The number of fused-ring (bicyclic) bond motifs is 1. The Balaban J connectivity index is 1.97. The van der Waals surface area contributed by atoms with Crippen LogP contribution in [0.25, 0.3) is 0 Å². The number of ether oxygens (including phenoxy) is 1. The summed E-state index contributed by atoms with van der Waals surface area (Å²) in [5.41, 5.74) is 3.15. The zero-order chi connectivity index (χ0) is 20.0. The lowest BCUT2D eigenvalue weighted by atomic mass is 9.94. The van der Waals surface area contributed by atoms with Crippen molar-refractivity contribution < 1.29 is 17.9 Å². The van der Waals surface area contributed by atoms with Crippen LogP contribution >= 0.6 is 0 Å². The molecule has 2 fully saturated rings. The molecule has 1 aromatic rings. The van der Waals surface area contributed by atoms with Crippen LogP contribution in [-0.4, -0.2) is 46.5 Å². The Kier molecular flexibility index (Phi) is 5.16. The first-order valence-electron chi connectivity index (χ1n) is 9.35. The van der Waals surface area contributed by atoms with Crippen LogP contribution in [0.15, 0.2) is 40.9 Å². The fourth-order valence-corrected chi connectivity index (χ4v) is 6.32. The van der Waals surface area contributed by atoms with E-state index in [0.29, 0.717) is 18.9 Å². The number of esters is 1. The molecule has 1 aromatic carbocycles. The second-order valence-electron chi connectivity index (χ2n) is 8.97. The number of hydrogen-bond acceptors (Lipinski definition) is 4. The second-order valence-corrected chi connectivity index (χ2v) is 15.9. The van der Waals surface area contributed by atoms with E-state index in [1.165, 1.54) is 11.4 Å². The lowest BCUT2D eigenvalue weighted by Crippen LogP contribution is -2.51. The Hall–Kier alpha value is -1.44. The molecular formula is C20H29NO4SSi. The van der Waals surface area contributed by atoms with Gasteiger partial charge in [-0.3, -0.25) is 4.79 Å². The minimum Gasteiger partial charge on any atom is -0.468 e. The van der Waals surface area contributed by atoms with Crippen LogP contribution in [-0.2, 0) is 19.6 Å². The van der Waals surface area contributed by atoms with Crippen molar-refractivity contribution in [3.05, 3.63) is 41.6 Å². The average molecular weight is 408 g/mol. The van der Waals surface area contributed by atoms with Gasteiger partial charge in [0, 0.05) is 12.0 Å². The first-order valence-corrected chi connectivity index (χ1v) is 14.4. The molecule has 3 atom stereocenters. The number of carbonyl (C=O) groups is 1. The molecule has 0 amide bonds. The Morgan fingerprint density at radius 1 is 1.26 bits per heavy atom. The molecule has 148 valence electrons. The van der Waals surface area contributed by atoms with Gasteiger partial charge in [0.1, 0.15) is 6.04 Å². The van der Waals surface area contributed by atoms with Crippen molar-refractivity contribution in [2.75, 3.05) is 13.7 Å².